The number of ether oxygens (including phenoxy) is 1. The van der Waals surface area contributed by atoms with Crippen molar-refractivity contribution in [3.63, 3.8) is 0 Å². The number of hydrogen-bond donors (Lipinski definition) is 0. The van der Waals surface area contributed by atoms with Crippen LogP contribution in [0, 0.1) is 27.7 Å². The van der Waals surface area contributed by atoms with Gasteiger partial charge < -0.3 is 6.16 Å². The van der Waals surface area contributed by atoms with Crippen LogP contribution >= 0.6 is 8.58 Å². The molecule has 0 aliphatic carbocycles. The number of hydrogen-bond acceptors (Lipinski definition) is 2. The van der Waals surface area contributed by atoms with Gasteiger partial charge in [-0.3, -0.25) is 4.79 Å². The average molecular weight is 370 g/mol. The zero-order chi connectivity index (χ0) is 18.7. The molecule has 3 aromatic carbocycles. The average Bonchev–Trinajstić information content (AvgIpc) is 2.62. The number of rotatable bonds is 5. The van der Waals surface area contributed by atoms with E-state index in [9.17, 15) is 4.79 Å². The van der Waals surface area contributed by atoms with Gasteiger partial charge in [-0.1, -0.05) is 36.4 Å². The molecular weight excluding hydrogens is 346 g/mol. The number of carbonyl (C=O) groups is 1. The minimum Gasteiger partial charge on any atom is -1.00 e. The van der Waals surface area contributed by atoms with Crippen molar-refractivity contribution >= 4 is 19.4 Å². The Balaban J connectivity index is 0.00000196. The quantitative estimate of drug-likeness (QED) is 0.510. The van der Waals surface area contributed by atoms with Gasteiger partial charge in [0.1, 0.15) is 11.5 Å². The molecule has 0 saturated heterocycles. The van der Waals surface area contributed by atoms with Crippen molar-refractivity contribution in [2.75, 3.05) is 0 Å². The molecule has 3 rings (SSSR count). The molecule has 0 saturated carbocycles. The second-order valence-electron chi connectivity index (χ2n) is 6.53. The second-order valence-corrected chi connectivity index (χ2v) is 7.81. The summed E-state index contributed by atoms with van der Waals surface area (Å²) in [5.74, 6) is 1.58. The van der Waals surface area contributed by atoms with Gasteiger partial charge in [-0.05, 0) is 88.1 Å². The fourth-order valence-electron chi connectivity index (χ4n) is 3.06. The molecular formula is C23H24LiO2P. The standard InChI is InChI=1S/C23H23O2P.Li.H/c1-15-14-16(2)22(18(4)17(15)3)23(24)26-21-12-10-20(11-13-21)25-19-8-6-5-7-9-19;;/h5-14,26H,1-4H3;;/q;+1;-1. The second kappa shape index (κ2) is 9.38. The molecule has 0 aliphatic heterocycles. The predicted octanol–water partition coefficient (Wildman–Crippen LogP) is 2.97. The van der Waals surface area contributed by atoms with Gasteiger partial charge in [0.2, 0.25) is 0 Å². The van der Waals surface area contributed by atoms with Crippen molar-refractivity contribution in [1.82, 2.24) is 0 Å². The van der Waals surface area contributed by atoms with Crippen molar-refractivity contribution in [3.05, 3.63) is 88.5 Å². The summed E-state index contributed by atoms with van der Waals surface area (Å²) in [6.07, 6.45) is 0. The summed E-state index contributed by atoms with van der Waals surface area (Å²) in [5.41, 5.74) is 5.67. The molecule has 0 aliphatic rings. The molecule has 0 heterocycles. The van der Waals surface area contributed by atoms with Crippen molar-refractivity contribution in [1.29, 1.82) is 0 Å². The molecule has 4 heteroatoms. The minimum absolute atomic E-state index is 0. The maximum absolute atomic E-state index is 12.9. The van der Waals surface area contributed by atoms with E-state index in [1.807, 2.05) is 68.4 Å². The largest absolute Gasteiger partial charge is 1.00 e. The Morgan fingerprint density at radius 3 is 2.04 bits per heavy atom. The molecule has 0 fully saturated rings. The molecule has 0 bridgehead atoms. The van der Waals surface area contributed by atoms with Crippen LogP contribution in [-0.2, 0) is 0 Å². The van der Waals surface area contributed by atoms with E-state index in [1.165, 1.54) is 11.1 Å². The Morgan fingerprint density at radius 1 is 0.815 bits per heavy atom. The van der Waals surface area contributed by atoms with Gasteiger partial charge in [0.15, 0.2) is 5.52 Å². The van der Waals surface area contributed by atoms with Gasteiger partial charge in [-0.25, -0.2) is 0 Å². The predicted molar refractivity (Wildman–Crippen MR) is 112 cm³/mol. The zero-order valence-corrected chi connectivity index (χ0v) is 17.6. The molecule has 2 nitrogen and oxygen atoms in total. The maximum Gasteiger partial charge on any atom is 1.00 e. The molecule has 27 heavy (non-hydrogen) atoms. The van der Waals surface area contributed by atoms with E-state index >= 15 is 0 Å². The Morgan fingerprint density at radius 2 is 1.41 bits per heavy atom. The van der Waals surface area contributed by atoms with Crippen LogP contribution in [-0.4, -0.2) is 5.52 Å². The first-order valence-electron chi connectivity index (χ1n) is 8.67. The van der Waals surface area contributed by atoms with Gasteiger partial charge in [0.25, 0.3) is 0 Å². The summed E-state index contributed by atoms with van der Waals surface area (Å²) < 4.78 is 5.81. The Bertz CT molecular complexity index is 941. The van der Waals surface area contributed by atoms with Gasteiger partial charge >= 0.3 is 18.9 Å². The Hall–Kier alpha value is -1.84. The summed E-state index contributed by atoms with van der Waals surface area (Å²) in [7, 11) is 0.111. The molecule has 0 spiro atoms. The summed E-state index contributed by atoms with van der Waals surface area (Å²) in [6, 6.07) is 19.6. The smallest absolute Gasteiger partial charge is 1.00 e. The molecule has 134 valence electrons. The molecule has 0 N–H and O–H groups in total. The van der Waals surface area contributed by atoms with E-state index in [-0.39, 0.29) is 34.4 Å². The van der Waals surface area contributed by atoms with Gasteiger partial charge in [0.05, 0.1) is 0 Å². The van der Waals surface area contributed by atoms with Crippen LogP contribution in [0.3, 0.4) is 0 Å². The molecule has 1 atom stereocenters. The fourth-order valence-corrected chi connectivity index (χ4v) is 4.16. The van der Waals surface area contributed by atoms with E-state index in [4.69, 9.17) is 4.74 Å². The molecule has 0 radical (unpaired) electrons. The maximum atomic E-state index is 12.9. The van der Waals surface area contributed by atoms with E-state index in [0.717, 1.165) is 33.5 Å². The van der Waals surface area contributed by atoms with Crippen LogP contribution in [0.5, 0.6) is 11.5 Å². The third-order valence-corrected chi connectivity index (χ3v) is 5.77. The van der Waals surface area contributed by atoms with Crippen LogP contribution in [0.25, 0.3) is 0 Å². The van der Waals surface area contributed by atoms with Crippen LogP contribution in [0.4, 0.5) is 0 Å². The molecule has 3 aromatic rings. The number of para-hydroxylation sites is 1. The van der Waals surface area contributed by atoms with Gasteiger partial charge in [-0.2, -0.15) is 0 Å². The Kier molecular flexibility index (Phi) is 7.46. The monoisotopic (exact) mass is 370 g/mol. The SMILES string of the molecule is Cc1cc(C)c(C(=O)Pc2ccc(Oc3ccccc3)cc2)c(C)c1C.[H-].[Li+]. The normalized spacial score (nSPS) is 10.7. The number of benzene rings is 3. The van der Waals surface area contributed by atoms with Crippen LogP contribution in [0.2, 0.25) is 0 Å². The minimum atomic E-state index is 0. The number of carbonyl (C=O) groups excluding carboxylic acids is 1. The van der Waals surface area contributed by atoms with Crippen molar-refractivity contribution in [2.45, 2.75) is 27.7 Å². The number of aryl methyl sites for hydroxylation is 2. The van der Waals surface area contributed by atoms with Crippen molar-refractivity contribution < 1.29 is 29.8 Å². The van der Waals surface area contributed by atoms with E-state index < -0.39 is 0 Å². The first-order chi connectivity index (χ1) is 12.5. The van der Waals surface area contributed by atoms with Gasteiger partial charge in [-0.15, -0.1) is 0 Å². The molecule has 1 unspecified atom stereocenters. The van der Waals surface area contributed by atoms with Crippen LogP contribution in [0.1, 0.15) is 34.0 Å². The van der Waals surface area contributed by atoms with E-state index in [0.29, 0.717) is 0 Å². The molecule has 0 amide bonds. The van der Waals surface area contributed by atoms with Crippen LogP contribution in [0.15, 0.2) is 60.7 Å². The third-order valence-electron chi connectivity index (χ3n) is 4.67. The van der Waals surface area contributed by atoms with Crippen LogP contribution < -0.4 is 28.9 Å². The Labute approximate surface area is 176 Å². The van der Waals surface area contributed by atoms with Gasteiger partial charge in [0, 0.05) is 5.56 Å². The van der Waals surface area contributed by atoms with E-state index in [1.54, 1.807) is 0 Å². The summed E-state index contributed by atoms with van der Waals surface area (Å²) >= 11 is 0. The van der Waals surface area contributed by atoms with Crippen molar-refractivity contribution in [3.8, 4) is 11.5 Å². The van der Waals surface area contributed by atoms with Crippen molar-refractivity contribution in [2.24, 2.45) is 0 Å². The first-order valence-corrected chi connectivity index (χ1v) is 9.67. The summed E-state index contributed by atoms with van der Waals surface area (Å²) in [5, 5.41) is 1.02. The zero-order valence-electron chi connectivity index (χ0n) is 17.6. The first kappa shape index (κ1) is 21.5. The third kappa shape index (κ3) is 5.11. The summed E-state index contributed by atoms with van der Waals surface area (Å²) in [6.45, 7) is 8.24. The molecule has 0 aromatic heterocycles. The fraction of sp³-hybridized carbons (Fsp3) is 0.174. The van der Waals surface area contributed by atoms with E-state index in [2.05, 4.69) is 19.9 Å². The summed E-state index contributed by atoms with van der Waals surface area (Å²) in [4.78, 5) is 12.9. The topological polar surface area (TPSA) is 26.3 Å².